The lowest BCUT2D eigenvalue weighted by molar-refractivity contribution is 0.316. The van der Waals surface area contributed by atoms with Crippen molar-refractivity contribution in [1.29, 1.82) is 0 Å². The Morgan fingerprint density at radius 2 is 1.88 bits per heavy atom. The Morgan fingerprint density at radius 1 is 1.24 bits per heavy atom. The maximum absolute atomic E-state index is 4.75. The van der Waals surface area contributed by atoms with Crippen molar-refractivity contribution < 1.29 is 0 Å². The minimum atomic E-state index is -1.41. The highest BCUT2D eigenvalue weighted by atomic mass is 33.5. The van der Waals surface area contributed by atoms with Crippen molar-refractivity contribution in [2.75, 3.05) is 0 Å². The molecule has 17 heavy (non-hydrogen) atoms. The van der Waals surface area contributed by atoms with E-state index in [1.54, 1.807) is 0 Å². The molecule has 0 aromatic heterocycles. The molecule has 0 saturated carbocycles. The number of hydrogen-bond acceptors (Lipinski definition) is 5. The van der Waals surface area contributed by atoms with Gasteiger partial charge in [-0.05, 0) is 46.5 Å². The number of nitrogens with one attached hydrogen (secondary N) is 3. The van der Waals surface area contributed by atoms with E-state index in [0.717, 1.165) is 12.8 Å². The normalized spacial score (nSPS) is 30.5. The summed E-state index contributed by atoms with van der Waals surface area (Å²) in [7, 11) is -1.41. The van der Waals surface area contributed by atoms with Gasteiger partial charge in [-0.3, -0.25) is 5.32 Å². The van der Waals surface area contributed by atoms with Crippen LogP contribution < -0.4 is 15.4 Å². The minimum absolute atomic E-state index is 0.0640. The molecule has 0 aromatic rings. The van der Waals surface area contributed by atoms with Gasteiger partial charge in [0.1, 0.15) is 6.29 Å². The second-order valence-electron chi connectivity index (χ2n) is 5.75. The summed E-state index contributed by atoms with van der Waals surface area (Å²) in [6.45, 7) is 6.49. The van der Waals surface area contributed by atoms with Crippen LogP contribution in [0.4, 0.5) is 0 Å². The first-order chi connectivity index (χ1) is 7.78. The molecule has 6 heteroatoms. The van der Waals surface area contributed by atoms with Crippen molar-refractivity contribution in [3.05, 3.63) is 10.6 Å². The van der Waals surface area contributed by atoms with Gasteiger partial charge < -0.3 is 5.32 Å². The molecule has 0 aromatic carbocycles. The Morgan fingerprint density at radius 3 is 2.53 bits per heavy atom. The third-order valence-corrected chi connectivity index (χ3v) is 6.60. The number of hydrogen-bond donors (Lipinski definition) is 5. The topological polar surface area (TPSA) is 36.1 Å². The molecule has 3 nitrogen and oxygen atoms in total. The molecule has 0 spiro atoms. The van der Waals surface area contributed by atoms with Crippen molar-refractivity contribution in [3.8, 4) is 0 Å². The molecule has 1 unspecified atom stereocenters. The molecular formula is C11H23N3S3. The third kappa shape index (κ3) is 3.50. The van der Waals surface area contributed by atoms with Crippen LogP contribution in [-0.2, 0) is 0 Å². The Kier molecular flexibility index (Phi) is 4.00. The standard InChI is InChI=1S/C11H23N3S3/c1-11(2,3)13-10-12-8-6-4-5-7-9(8)17(15,16)14-10/h10,12-16H,4-7H2,1-3H3. The molecule has 1 atom stereocenters. The van der Waals surface area contributed by atoms with E-state index in [1.807, 2.05) is 0 Å². The lowest BCUT2D eigenvalue weighted by atomic mass is 10.0. The quantitative estimate of drug-likeness (QED) is 0.381. The molecule has 0 bridgehead atoms. The van der Waals surface area contributed by atoms with Crippen LogP contribution in [0.15, 0.2) is 10.6 Å². The highest BCUT2D eigenvalue weighted by molar-refractivity contribution is 9.18. The first kappa shape index (κ1) is 13.9. The van der Waals surface area contributed by atoms with Crippen molar-refractivity contribution >= 4 is 31.6 Å². The van der Waals surface area contributed by atoms with Gasteiger partial charge >= 0.3 is 0 Å². The van der Waals surface area contributed by atoms with E-state index in [-0.39, 0.29) is 11.8 Å². The summed E-state index contributed by atoms with van der Waals surface area (Å²) in [6.07, 6.45) is 4.85. The van der Waals surface area contributed by atoms with Crippen molar-refractivity contribution in [2.24, 2.45) is 0 Å². The zero-order valence-electron chi connectivity index (χ0n) is 10.7. The second kappa shape index (κ2) is 4.89. The van der Waals surface area contributed by atoms with Gasteiger partial charge in [0.05, 0.1) is 0 Å². The largest absolute Gasteiger partial charge is 0.360 e. The van der Waals surface area contributed by atoms with Gasteiger partial charge in [0.25, 0.3) is 0 Å². The van der Waals surface area contributed by atoms with E-state index in [9.17, 15) is 0 Å². The maximum atomic E-state index is 4.75. The van der Waals surface area contributed by atoms with Crippen LogP contribution in [0.3, 0.4) is 0 Å². The second-order valence-corrected chi connectivity index (χ2v) is 11.7. The molecule has 100 valence electrons. The summed E-state index contributed by atoms with van der Waals surface area (Å²) < 4.78 is 3.48. The molecule has 2 rings (SSSR count). The molecule has 2 aliphatic rings. The number of thiol groups is 2. The van der Waals surface area contributed by atoms with Crippen LogP contribution >= 0.6 is 31.6 Å². The van der Waals surface area contributed by atoms with Gasteiger partial charge in [-0.25, -0.2) is 4.72 Å². The van der Waals surface area contributed by atoms with Crippen LogP contribution in [0, 0.1) is 0 Å². The highest BCUT2D eigenvalue weighted by Gasteiger charge is 2.34. The lowest BCUT2D eigenvalue weighted by Crippen LogP contribution is -2.59. The Balaban J connectivity index is 2.16. The van der Waals surface area contributed by atoms with Crippen molar-refractivity contribution in [3.63, 3.8) is 0 Å². The predicted octanol–water partition coefficient (Wildman–Crippen LogP) is 3.05. The summed E-state index contributed by atoms with van der Waals surface area (Å²) in [5.74, 6) is 0. The van der Waals surface area contributed by atoms with Gasteiger partial charge in [-0.2, -0.15) is 0 Å². The van der Waals surface area contributed by atoms with Gasteiger partial charge in [-0.15, -0.1) is 23.3 Å². The molecular weight excluding hydrogens is 270 g/mol. The Bertz CT molecular complexity index is 333. The van der Waals surface area contributed by atoms with Gasteiger partial charge in [0, 0.05) is 16.1 Å². The molecule has 3 N–H and O–H groups in total. The van der Waals surface area contributed by atoms with Gasteiger partial charge in [-0.1, -0.05) is 8.28 Å². The van der Waals surface area contributed by atoms with Crippen molar-refractivity contribution in [2.45, 2.75) is 58.3 Å². The van der Waals surface area contributed by atoms with Crippen LogP contribution in [0.5, 0.6) is 0 Å². The predicted molar refractivity (Wildman–Crippen MR) is 84.0 cm³/mol. The number of rotatable bonds is 1. The average molecular weight is 294 g/mol. The van der Waals surface area contributed by atoms with E-state index in [1.165, 1.54) is 23.4 Å². The third-order valence-electron chi connectivity index (χ3n) is 2.94. The molecule has 0 radical (unpaired) electrons. The van der Waals surface area contributed by atoms with E-state index < -0.39 is 8.28 Å². The monoisotopic (exact) mass is 293 g/mol. The Hall–Kier alpha value is 0.510. The summed E-state index contributed by atoms with van der Waals surface area (Å²) in [5, 5.41) is 7.06. The fourth-order valence-corrected chi connectivity index (χ4v) is 5.65. The highest BCUT2D eigenvalue weighted by Crippen LogP contribution is 2.64. The minimum Gasteiger partial charge on any atom is -0.360 e. The smallest absolute Gasteiger partial charge is 0.141 e. The summed E-state index contributed by atoms with van der Waals surface area (Å²) in [5.41, 5.74) is 1.42. The average Bonchev–Trinajstić information content (AvgIpc) is 2.13. The molecule has 1 aliphatic heterocycles. The zero-order valence-corrected chi connectivity index (χ0v) is 13.3. The fraction of sp³-hybridized carbons (Fsp3) is 0.818. The Labute approximate surface area is 116 Å². The van der Waals surface area contributed by atoms with E-state index >= 15 is 0 Å². The van der Waals surface area contributed by atoms with Crippen LogP contribution in [0.1, 0.15) is 46.5 Å². The molecule has 1 heterocycles. The summed E-state index contributed by atoms with van der Waals surface area (Å²) in [4.78, 5) is 1.39. The summed E-state index contributed by atoms with van der Waals surface area (Å²) in [6, 6.07) is 0. The van der Waals surface area contributed by atoms with E-state index in [4.69, 9.17) is 23.3 Å². The molecule has 0 amide bonds. The summed E-state index contributed by atoms with van der Waals surface area (Å²) >= 11 is 9.50. The fourth-order valence-electron chi connectivity index (χ4n) is 2.28. The maximum Gasteiger partial charge on any atom is 0.141 e. The molecule has 0 fully saturated rings. The zero-order chi connectivity index (χ0) is 12.7. The lowest BCUT2D eigenvalue weighted by Gasteiger charge is -2.46. The number of allylic oxidation sites excluding steroid dienone is 2. The molecule has 0 saturated heterocycles. The van der Waals surface area contributed by atoms with E-state index in [0.29, 0.717) is 0 Å². The first-order valence-corrected chi connectivity index (χ1v) is 9.83. The van der Waals surface area contributed by atoms with Crippen LogP contribution in [0.25, 0.3) is 0 Å². The molecule has 1 aliphatic carbocycles. The van der Waals surface area contributed by atoms with Crippen molar-refractivity contribution in [1.82, 2.24) is 15.4 Å². The van der Waals surface area contributed by atoms with Crippen LogP contribution in [-0.4, -0.2) is 11.8 Å². The SMILES string of the molecule is CC(C)(C)NC1NC2=C(CCCC2)S(S)(S)N1. The van der Waals surface area contributed by atoms with Gasteiger partial charge in [0.2, 0.25) is 0 Å². The van der Waals surface area contributed by atoms with Crippen LogP contribution in [0.2, 0.25) is 0 Å². The first-order valence-electron chi connectivity index (χ1n) is 6.10. The van der Waals surface area contributed by atoms with Gasteiger partial charge in [0.15, 0.2) is 0 Å². The van der Waals surface area contributed by atoms with E-state index in [2.05, 4.69) is 36.1 Å².